The van der Waals surface area contributed by atoms with Gasteiger partial charge in [0.05, 0.1) is 13.5 Å². The van der Waals surface area contributed by atoms with Crippen molar-refractivity contribution in [3.8, 4) is 0 Å². The minimum absolute atomic E-state index is 0.145. The fraction of sp³-hybridized carbons (Fsp3) is 0.462. The van der Waals surface area contributed by atoms with Gasteiger partial charge in [0.15, 0.2) is 0 Å². The van der Waals surface area contributed by atoms with Gasteiger partial charge in [-0.25, -0.2) is 0 Å². The van der Waals surface area contributed by atoms with Crippen LogP contribution in [0.4, 0.5) is 0 Å². The molecule has 0 unspecified atom stereocenters. The van der Waals surface area contributed by atoms with Crippen molar-refractivity contribution in [1.82, 2.24) is 4.90 Å². The summed E-state index contributed by atoms with van der Waals surface area (Å²) >= 11 is 0. The fourth-order valence-electron chi connectivity index (χ4n) is 2.28. The van der Waals surface area contributed by atoms with Gasteiger partial charge in [-0.15, -0.1) is 0 Å². The van der Waals surface area contributed by atoms with E-state index in [1.807, 2.05) is 6.07 Å². The second-order valence-corrected chi connectivity index (χ2v) is 4.23. The van der Waals surface area contributed by atoms with Crippen LogP contribution in [-0.4, -0.2) is 31.6 Å². The van der Waals surface area contributed by atoms with Crippen molar-refractivity contribution in [2.75, 3.05) is 20.7 Å². The third kappa shape index (κ3) is 2.09. The lowest BCUT2D eigenvalue weighted by atomic mass is 9.91. The van der Waals surface area contributed by atoms with Crippen LogP contribution in [0.1, 0.15) is 23.6 Å². The zero-order valence-corrected chi connectivity index (χ0v) is 9.77. The van der Waals surface area contributed by atoms with E-state index in [1.54, 1.807) is 0 Å². The summed E-state index contributed by atoms with van der Waals surface area (Å²) in [5, 5.41) is 0. The second kappa shape index (κ2) is 4.66. The molecule has 1 aromatic rings. The number of ether oxygens (including phenoxy) is 1. The first-order valence-corrected chi connectivity index (χ1v) is 5.57. The molecule has 86 valence electrons. The Morgan fingerprint density at radius 1 is 1.50 bits per heavy atom. The molecule has 0 amide bonds. The second-order valence-electron chi connectivity index (χ2n) is 4.23. The lowest BCUT2D eigenvalue weighted by Gasteiger charge is -2.33. The Bertz CT molecular complexity index is 389. The largest absolute Gasteiger partial charge is 0.469 e. The van der Waals surface area contributed by atoms with Crippen LogP contribution < -0.4 is 0 Å². The summed E-state index contributed by atoms with van der Waals surface area (Å²) in [5.74, 6) is -0.145. The summed E-state index contributed by atoms with van der Waals surface area (Å²) in [6.45, 7) is 0.999. The number of rotatable bonds is 2. The molecule has 0 aromatic heterocycles. The molecule has 0 saturated heterocycles. The minimum Gasteiger partial charge on any atom is -0.469 e. The van der Waals surface area contributed by atoms with Gasteiger partial charge in [0.2, 0.25) is 0 Å². The molecule has 0 spiro atoms. The van der Waals surface area contributed by atoms with Crippen LogP contribution in [0.3, 0.4) is 0 Å². The molecule has 1 heterocycles. The van der Waals surface area contributed by atoms with Gasteiger partial charge in [-0.3, -0.25) is 9.69 Å². The molecule has 3 nitrogen and oxygen atoms in total. The van der Waals surface area contributed by atoms with Crippen LogP contribution in [0.5, 0.6) is 0 Å². The molecule has 1 atom stereocenters. The zero-order chi connectivity index (χ0) is 11.5. The number of likely N-dealkylation sites (N-methyl/N-ethyl adjacent to an activating group) is 1. The Kier molecular flexibility index (Phi) is 3.25. The highest BCUT2D eigenvalue weighted by Gasteiger charge is 2.26. The average molecular weight is 219 g/mol. The van der Waals surface area contributed by atoms with E-state index in [9.17, 15) is 4.79 Å². The van der Waals surface area contributed by atoms with Crippen molar-refractivity contribution < 1.29 is 9.53 Å². The van der Waals surface area contributed by atoms with Gasteiger partial charge >= 0.3 is 5.97 Å². The van der Waals surface area contributed by atoms with Gasteiger partial charge in [-0.2, -0.15) is 0 Å². The van der Waals surface area contributed by atoms with Gasteiger partial charge in [0.25, 0.3) is 0 Å². The predicted octanol–water partition coefficient (Wildman–Crippen LogP) is 1.78. The molecule has 3 heteroatoms. The highest BCUT2D eigenvalue weighted by molar-refractivity contribution is 5.70. The SMILES string of the molecule is COC(=O)C[C@@H]1c2ccccc2CCN1C. The van der Waals surface area contributed by atoms with Crippen LogP contribution >= 0.6 is 0 Å². The molecular formula is C13H17NO2. The average Bonchev–Trinajstić information content (AvgIpc) is 2.32. The first kappa shape index (κ1) is 11.1. The summed E-state index contributed by atoms with van der Waals surface area (Å²) < 4.78 is 4.75. The number of hydrogen-bond donors (Lipinski definition) is 0. The maximum atomic E-state index is 11.4. The van der Waals surface area contributed by atoms with E-state index >= 15 is 0 Å². The van der Waals surface area contributed by atoms with Crippen LogP contribution in [0, 0.1) is 0 Å². The molecule has 2 rings (SSSR count). The maximum Gasteiger partial charge on any atom is 0.307 e. The normalized spacial score (nSPS) is 20.2. The fourth-order valence-corrected chi connectivity index (χ4v) is 2.28. The Morgan fingerprint density at radius 2 is 2.25 bits per heavy atom. The molecular weight excluding hydrogens is 202 g/mol. The highest BCUT2D eigenvalue weighted by atomic mass is 16.5. The molecule has 0 radical (unpaired) electrons. The summed E-state index contributed by atoms with van der Waals surface area (Å²) in [6.07, 6.45) is 1.49. The maximum absolute atomic E-state index is 11.4. The number of nitrogens with zero attached hydrogens (tertiary/aromatic N) is 1. The Hall–Kier alpha value is -1.35. The topological polar surface area (TPSA) is 29.5 Å². The summed E-state index contributed by atoms with van der Waals surface area (Å²) in [5.41, 5.74) is 2.62. The quantitative estimate of drug-likeness (QED) is 0.710. The molecule has 16 heavy (non-hydrogen) atoms. The van der Waals surface area contributed by atoms with E-state index in [-0.39, 0.29) is 12.0 Å². The molecule has 0 bridgehead atoms. The third-order valence-electron chi connectivity index (χ3n) is 3.27. The molecule has 0 aliphatic carbocycles. The third-order valence-corrected chi connectivity index (χ3v) is 3.27. The van der Waals surface area contributed by atoms with E-state index in [1.165, 1.54) is 18.2 Å². The number of esters is 1. The summed E-state index contributed by atoms with van der Waals surface area (Å²) in [4.78, 5) is 13.6. The van der Waals surface area contributed by atoms with E-state index < -0.39 is 0 Å². The summed E-state index contributed by atoms with van der Waals surface area (Å²) in [7, 11) is 3.50. The predicted molar refractivity (Wildman–Crippen MR) is 62.2 cm³/mol. The molecule has 0 saturated carbocycles. The van der Waals surface area contributed by atoms with Crippen molar-refractivity contribution >= 4 is 5.97 Å². The number of carbonyl (C=O) groups is 1. The standard InChI is InChI=1S/C13H17NO2/c1-14-8-7-10-5-3-4-6-11(10)12(14)9-13(15)16-2/h3-6,12H,7-9H2,1-2H3/t12-/m1/s1. The van der Waals surface area contributed by atoms with Crippen molar-refractivity contribution in [3.05, 3.63) is 35.4 Å². The van der Waals surface area contributed by atoms with Crippen molar-refractivity contribution in [1.29, 1.82) is 0 Å². The first-order valence-electron chi connectivity index (χ1n) is 5.57. The van der Waals surface area contributed by atoms with E-state index in [4.69, 9.17) is 4.74 Å². The number of methoxy groups -OCH3 is 1. The molecule has 0 fully saturated rings. The van der Waals surface area contributed by atoms with E-state index in [0.29, 0.717) is 6.42 Å². The molecule has 1 aromatic carbocycles. The lowest BCUT2D eigenvalue weighted by Crippen LogP contribution is -2.33. The number of carbonyl (C=O) groups excluding carboxylic acids is 1. The van der Waals surface area contributed by atoms with Gasteiger partial charge in [-0.1, -0.05) is 24.3 Å². The molecule has 1 aliphatic rings. The molecule has 1 aliphatic heterocycles. The van der Waals surface area contributed by atoms with Crippen molar-refractivity contribution in [2.45, 2.75) is 18.9 Å². The van der Waals surface area contributed by atoms with Gasteiger partial charge in [-0.05, 0) is 24.6 Å². The van der Waals surface area contributed by atoms with Gasteiger partial charge in [0, 0.05) is 12.6 Å². The van der Waals surface area contributed by atoms with Crippen LogP contribution in [-0.2, 0) is 16.0 Å². The smallest absolute Gasteiger partial charge is 0.307 e. The first-order chi connectivity index (χ1) is 7.72. The van der Waals surface area contributed by atoms with Gasteiger partial charge < -0.3 is 4.74 Å². The van der Waals surface area contributed by atoms with Crippen LogP contribution in [0.2, 0.25) is 0 Å². The Labute approximate surface area is 96.0 Å². The van der Waals surface area contributed by atoms with E-state index in [0.717, 1.165) is 13.0 Å². The van der Waals surface area contributed by atoms with Crippen molar-refractivity contribution in [3.63, 3.8) is 0 Å². The minimum atomic E-state index is -0.145. The monoisotopic (exact) mass is 219 g/mol. The zero-order valence-electron chi connectivity index (χ0n) is 9.77. The number of hydrogen-bond acceptors (Lipinski definition) is 3. The number of fused-ring (bicyclic) bond motifs is 1. The Balaban J connectivity index is 2.26. The van der Waals surface area contributed by atoms with Crippen molar-refractivity contribution in [2.24, 2.45) is 0 Å². The number of benzene rings is 1. The van der Waals surface area contributed by atoms with Crippen LogP contribution in [0.15, 0.2) is 24.3 Å². The Morgan fingerprint density at radius 3 is 3.00 bits per heavy atom. The van der Waals surface area contributed by atoms with E-state index in [2.05, 4.69) is 30.1 Å². The van der Waals surface area contributed by atoms with Gasteiger partial charge in [0.1, 0.15) is 0 Å². The summed E-state index contributed by atoms with van der Waals surface area (Å²) in [6, 6.07) is 8.50. The lowest BCUT2D eigenvalue weighted by molar-refractivity contribution is -0.142. The molecule has 0 N–H and O–H groups in total. The highest BCUT2D eigenvalue weighted by Crippen LogP contribution is 2.30. The van der Waals surface area contributed by atoms with Crippen LogP contribution in [0.25, 0.3) is 0 Å².